The second-order valence-corrected chi connectivity index (χ2v) is 3.94. The highest BCUT2D eigenvalue weighted by atomic mass is 15.2. The molecule has 0 bridgehead atoms. The van der Waals surface area contributed by atoms with Crippen LogP contribution >= 0.6 is 0 Å². The van der Waals surface area contributed by atoms with Crippen molar-refractivity contribution in [2.45, 2.75) is 6.92 Å². The molecule has 2 aromatic rings. The van der Waals surface area contributed by atoms with E-state index in [4.69, 9.17) is 0 Å². The minimum absolute atomic E-state index is 0.944. The molecule has 0 aliphatic carbocycles. The predicted octanol–water partition coefficient (Wildman–Crippen LogP) is 3.80. The maximum atomic E-state index is 4.57. The Morgan fingerprint density at radius 2 is 1.82 bits per heavy atom. The lowest BCUT2D eigenvalue weighted by Crippen LogP contribution is -2.11. The van der Waals surface area contributed by atoms with Crippen LogP contribution in [0.3, 0.4) is 0 Å². The topological polar surface area (TPSA) is 16.1 Å². The average molecular weight is 224 g/mol. The Morgan fingerprint density at radius 3 is 2.41 bits per heavy atom. The van der Waals surface area contributed by atoms with Crippen LogP contribution in [-0.4, -0.2) is 12.0 Å². The van der Waals surface area contributed by atoms with E-state index in [1.807, 2.05) is 50.4 Å². The molecule has 17 heavy (non-hydrogen) atoms. The second kappa shape index (κ2) is 4.83. The van der Waals surface area contributed by atoms with Gasteiger partial charge in [0.1, 0.15) is 5.82 Å². The second-order valence-electron chi connectivity index (χ2n) is 3.94. The molecule has 2 rings (SSSR count). The zero-order chi connectivity index (χ0) is 12.3. The van der Waals surface area contributed by atoms with Crippen LogP contribution in [-0.2, 0) is 0 Å². The van der Waals surface area contributed by atoms with E-state index < -0.39 is 0 Å². The Labute approximate surface area is 102 Å². The molecule has 0 aliphatic rings. The first-order valence-electron chi connectivity index (χ1n) is 5.61. The van der Waals surface area contributed by atoms with Gasteiger partial charge in [-0.2, -0.15) is 0 Å². The number of anilines is 2. The SMILES string of the molecule is C=Cc1ccc(N(C)c2ccccc2)nc1C. The van der Waals surface area contributed by atoms with Gasteiger partial charge in [-0.05, 0) is 36.8 Å². The normalized spacial score (nSPS) is 10.0. The molecule has 0 aliphatic heterocycles. The number of para-hydroxylation sites is 1. The minimum Gasteiger partial charge on any atom is -0.329 e. The molecule has 1 aromatic carbocycles. The summed E-state index contributed by atoms with van der Waals surface area (Å²) in [6.07, 6.45) is 1.83. The van der Waals surface area contributed by atoms with Gasteiger partial charge in [0.15, 0.2) is 0 Å². The minimum atomic E-state index is 0.944. The zero-order valence-electron chi connectivity index (χ0n) is 10.2. The summed E-state index contributed by atoms with van der Waals surface area (Å²) in [4.78, 5) is 6.64. The lowest BCUT2D eigenvalue weighted by molar-refractivity contribution is 1.09. The summed E-state index contributed by atoms with van der Waals surface area (Å²) in [6, 6.07) is 14.3. The van der Waals surface area contributed by atoms with E-state index in [9.17, 15) is 0 Å². The summed E-state index contributed by atoms with van der Waals surface area (Å²) in [7, 11) is 2.02. The van der Waals surface area contributed by atoms with Crippen LogP contribution in [0.25, 0.3) is 6.08 Å². The van der Waals surface area contributed by atoms with Gasteiger partial charge >= 0.3 is 0 Å². The van der Waals surface area contributed by atoms with E-state index in [-0.39, 0.29) is 0 Å². The van der Waals surface area contributed by atoms with Gasteiger partial charge in [0.25, 0.3) is 0 Å². The lowest BCUT2D eigenvalue weighted by Gasteiger charge is -2.19. The van der Waals surface area contributed by atoms with Gasteiger partial charge < -0.3 is 4.90 Å². The van der Waals surface area contributed by atoms with Gasteiger partial charge in [0.05, 0.1) is 0 Å². The maximum Gasteiger partial charge on any atom is 0.133 e. The van der Waals surface area contributed by atoms with Crippen molar-refractivity contribution in [2.24, 2.45) is 0 Å². The third-order valence-corrected chi connectivity index (χ3v) is 2.82. The molecule has 0 N–H and O–H groups in total. The Morgan fingerprint density at radius 1 is 1.12 bits per heavy atom. The Hall–Kier alpha value is -2.09. The number of hydrogen-bond acceptors (Lipinski definition) is 2. The molecular formula is C15H16N2. The molecule has 2 heteroatoms. The highest BCUT2D eigenvalue weighted by Gasteiger charge is 2.05. The first-order valence-corrected chi connectivity index (χ1v) is 5.61. The fourth-order valence-corrected chi connectivity index (χ4v) is 1.74. The van der Waals surface area contributed by atoms with Gasteiger partial charge in [0.2, 0.25) is 0 Å². The number of benzene rings is 1. The van der Waals surface area contributed by atoms with Crippen molar-refractivity contribution in [2.75, 3.05) is 11.9 Å². The number of rotatable bonds is 3. The van der Waals surface area contributed by atoms with Crippen LogP contribution in [0, 0.1) is 6.92 Å². The van der Waals surface area contributed by atoms with Crippen molar-refractivity contribution >= 4 is 17.6 Å². The molecule has 1 aromatic heterocycles. The monoisotopic (exact) mass is 224 g/mol. The van der Waals surface area contributed by atoms with Gasteiger partial charge in [-0.25, -0.2) is 4.98 Å². The van der Waals surface area contributed by atoms with Crippen molar-refractivity contribution in [1.82, 2.24) is 4.98 Å². The van der Waals surface area contributed by atoms with Crippen LogP contribution in [0.5, 0.6) is 0 Å². The van der Waals surface area contributed by atoms with Gasteiger partial charge in [0, 0.05) is 18.4 Å². The van der Waals surface area contributed by atoms with E-state index in [0.717, 1.165) is 22.8 Å². The van der Waals surface area contributed by atoms with Crippen molar-refractivity contribution in [1.29, 1.82) is 0 Å². The van der Waals surface area contributed by atoms with E-state index in [0.29, 0.717) is 0 Å². The van der Waals surface area contributed by atoms with Crippen molar-refractivity contribution < 1.29 is 0 Å². The Kier molecular flexibility index (Phi) is 3.24. The number of aryl methyl sites for hydroxylation is 1. The molecule has 2 nitrogen and oxygen atoms in total. The van der Waals surface area contributed by atoms with Gasteiger partial charge in [-0.1, -0.05) is 30.9 Å². The van der Waals surface area contributed by atoms with Crippen molar-refractivity contribution in [3.8, 4) is 0 Å². The molecule has 0 saturated heterocycles. The van der Waals surface area contributed by atoms with E-state index >= 15 is 0 Å². The fourth-order valence-electron chi connectivity index (χ4n) is 1.74. The van der Waals surface area contributed by atoms with Gasteiger partial charge in [-0.15, -0.1) is 0 Å². The summed E-state index contributed by atoms with van der Waals surface area (Å²) in [5.41, 5.74) is 3.21. The van der Waals surface area contributed by atoms with E-state index in [1.54, 1.807) is 0 Å². The molecule has 0 unspecified atom stereocenters. The molecule has 0 saturated carbocycles. The quantitative estimate of drug-likeness (QED) is 0.788. The molecule has 0 fully saturated rings. The molecule has 0 atom stereocenters. The first-order chi connectivity index (χ1) is 8.22. The largest absolute Gasteiger partial charge is 0.329 e. The van der Waals surface area contributed by atoms with E-state index in [1.165, 1.54) is 0 Å². The first kappa shape index (κ1) is 11.4. The third-order valence-electron chi connectivity index (χ3n) is 2.82. The third kappa shape index (κ3) is 2.36. The zero-order valence-corrected chi connectivity index (χ0v) is 10.2. The highest BCUT2D eigenvalue weighted by molar-refractivity contribution is 5.61. The Bertz CT molecular complexity index is 518. The maximum absolute atomic E-state index is 4.57. The average Bonchev–Trinajstić information content (AvgIpc) is 2.39. The summed E-state index contributed by atoms with van der Waals surface area (Å²) in [5.74, 6) is 0.944. The van der Waals surface area contributed by atoms with Crippen LogP contribution in [0.2, 0.25) is 0 Å². The van der Waals surface area contributed by atoms with Crippen molar-refractivity contribution in [3.63, 3.8) is 0 Å². The van der Waals surface area contributed by atoms with Crippen LogP contribution in [0.1, 0.15) is 11.3 Å². The summed E-state index contributed by atoms with van der Waals surface area (Å²) < 4.78 is 0. The number of nitrogens with zero attached hydrogens (tertiary/aromatic N) is 2. The number of hydrogen-bond donors (Lipinski definition) is 0. The van der Waals surface area contributed by atoms with Crippen LogP contribution < -0.4 is 4.90 Å². The molecular weight excluding hydrogens is 208 g/mol. The van der Waals surface area contributed by atoms with Crippen molar-refractivity contribution in [3.05, 3.63) is 60.3 Å². The smallest absolute Gasteiger partial charge is 0.133 e. The lowest BCUT2D eigenvalue weighted by atomic mass is 10.2. The fraction of sp³-hybridized carbons (Fsp3) is 0.133. The summed E-state index contributed by atoms with van der Waals surface area (Å²) >= 11 is 0. The Balaban J connectivity index is 2.35. The molecule has 0 spiro atoms. The standard InChI is InChI=1S/C15H16N2/c1-4-13-10-11-15(16-12(13)2)17(3)14-8-6-5-7-9-14/h4-11H,1H2,2-3H3. The summed E-state index contributed by atoms with van der Waals surface area (Å²) in [5, 5.41) is 0. The molecule has 86 valence electrons. The van der Waals surface area contributed by atoms with E-state index in [2.05, 4.69) is 28.6 Å². The number of pyridine rings is 1. The number of aromatic nitrogens is 1. The van der Waals surface area contributed by atoms with Crippen LogP contribution in [0.4, 0.5) is 11.5 Å². The highest BCUT2D eigenvalue weighted by Crippen LogP contribution is 2.22. The predicted molar refractivity (Wildman–Crippen MR) is 73.6 cm³/mol. The summed E-state index contributed by atoms with van der Waals surface area (Å²) in [6.45, 7) is 5.77. The molecule has 0 amide bonds. The molecule has 1 heterocycles. The van der Waals surface area contributed by atoms with Gasteiger partial charge in [-0.3, -0.25) is 0 Å². The van der Waals surface area contributed by atoms with Crippen LogP contribution in [0.15, 0.2) is 49.0 Å². The molecule has 0 radical (unpaired) electrons.